The average molecular weight is 293 g/mol. The summed E-state index contributed by atoms with van der Waals surface area (Å²) in [7, 11) is 1.74. The number of nitrogens with one attached hydrogen (secondary N) is 1. The summed E-state index contributed by atoms with van der Waals surface area (Å²) in [5.41, 5.74) is 1.23. The lowest BCUT2D eigenvalue weighted by molar-refractivity contribution is 0.204. The van der Waals surface area contributed by atoms with Gasteiger partial charge in [0.1, 0.15) is 5.82 Å². The molecule has 0 amide bonds. The number of pyridine rings is 1. The van der Waals surface area contributed by atoms with E-state index in [4.69, 9.17) is 4.74 Å². The molecule has 0 saturated carbocycles. The minimum absolute atomic E-state index is 0.607. The third kappa shape index (κ3) is 7.44. The van der Waals surface area contributed by atoms with Crippen LogP contribution in [0.25, 0.3) is 0 Å². The van der Waals surface area contributed by atoms with E-state index in [-0.39, 0.29) is 0 Å². The van der Waals surface area contributed by atoms with E-state index in [0.717, 1.165) is 38.6 Å². The number of anilines is 1. The zero-order valence-electron chi connectivity index (χ0n) is 14.2. The van der Waals surface area contributed by atoms with Gasteiger partial charge in [0.2, 0.25) is 0 Å². The van der Waals surface area contributed by atoms with Crippen LogP contribution in [0.4, 0.5) is 5.82 Å². The van der Waals surface area contributed by atoms with Crippen molar-refractivity contribution in [3.8, 4) is 0 Å². The number of hydrogen-bond acceptors (Lipinski definition) is 4. The first-order chi connectivity index (χ1) is 10.0. The topological polar surface area (TPSA) is 37.4 Å². The maximum absolute atomic E-state index is 5.20. The molecule has 0 aromatic carbocycles. The van der Waals surface area contributed by atoms with Crippen LogP contribution in [0.5, 0.6) is 0 Å². The smallest absolute Gasteiger partial charge is 0.128 e. The fourth-order valence-electron chi connectivity index (χ4n) is 2.16. The quantitative estimate of drug-likeness (QED) is 0.720. The number of methoxy groups -OCH3 is 1. The van der Waals surface area contributed by atoms with Gasteiger partial charge in [-0.1, -0.05) is 33.8 Å². The Morgan fingerprint density at radius 3 is 2.48 bits per heavy atom. The van der Waals surface area contributed by atoms with Crippen molar-refractivity contribution in [3.05, 3.63) is 23.9 Å². The Bertz CT molecular complexity index is 376. The molecule has 1 rings (SSSR count). The van der Waals surface area contributed by atoms with Crippen molar-refractivity contribution in [2.75, 3.05) is 38.3 Å². The summed E-state index contributed by atoms with van der Waals surface area (Å²) in [6, 6.07) is 4.28. The molecule has 0 radical (unpaired) electrons. The van der Waals surface area contributed by atoms with E-state index in [1.807, 2.05) is 6.20 Å². The Kier molecular flexibility index (Phi) is 8.31. The molecule has 1 aromatic rings. The van der Waals surface area contributed by atoms with Gasteiger partial charge in [0, 0.05) is 32.9 Å². The largest absolute Gasteiger partial charge is 0.383 e. The zero-order chi connectivity index (χ0) is 15.7. The van der Waals surface area contributed by atoms with Gasteiger partial charge in [-0.25, -0.2) is 4.98 Å². The van der Waals surface area contributed by atoms with Gasteiger partial charge < -0.3 is 15.0 Å². The minimum atomic E-state index is 0.607. The normalized spacial score (nSPS) is 11.4. The van der Waals surface area contributed by atoms with Crippen LogP contribution >= 0.6 is 0 Å². The van der Waals surface area contributed by atoms with Crippen LogP contribution in [-0.2, 0) is 11.3 Å². The Hall–Kier alpha value is -1.13. The van der Waals surface area contributed by atoms with Crippen molar-refractivity contribution >= 4 is 5.82 Å². The van der Waals surface area contributed by atoms with Crippen LogP contribution in [0.1, 0.15) is 33.3 Å². The van der Waals surface area contributed by atoms with Gasteiger partial charge in [0.15, 0.2) is 0 Å². The van der Waals surface area contributed by atoms with Crippen molar-refractivity contribution in [1.82, 2.24) is 10.3 Å². The summed E-state index contributed by atoms with van der Waals surface area (Å²) >= 11 is 0. The average Bonchev–Trinajstić information content (AvgIpc) is 2.43. The van der Waals surface area contributed by atoms with Crippen LogP contribution in [0.15, 0.2) is 18.3 Å². The van der Waals surface area contributed by atoms with Crippen molar-refractivity contribution in [1.29, 1.82) is 0 Å². The number of rotatable bonds is 10. The molecular weight excluding hydrogens is 262 g/mol. The third-order valence-corrected chi connectivity index (χ3v) is 3.17. The number of hydrogen-bond donors (Lipinski definition) is 1. The summed E-state index contributed by atoms with van der Waals surface area (Å²) in [6.07, 6.45) is 1.97. The lowest BCUT2D eigenvalue weighted by Gasteiger charge is -2.25. The molecule has 0 bridgehead atoms. The molecule has 0 fully saturated rings. The lowest BCUT2D eigenvalue weighted by Crippen LogP contribution is -2.31. The highest BCUT2D eigenvalue weighted by molar-refractivity contribution is 5.39. The predicted molar refractivity (Wildman–Crippen MR) is 89.7 cm³/mol. The van der Waals surface area contributed by atoms with E-state index in [0.29, 0.717) is 11.8 Å². The molecule has 0 spiro atoms. The second-order valence-electron chi connectivity index (χ2n) is 6.38. The molecule has 0 atom stereocenters. The zero-order valence-corrected chi connectivity index (χ0v) is 14.2. The van der Waals surface area contributed by atoms with Crippen LogP contribution in [0.3, 0.4) is 0 Å². The number of nitrogens with zero attached hydrogens (tertiary/aromatic N) is 2. The van der Waals surface area contributed by atoms with Crippen LogP contribution < -0.4 is 10.2 Å². The summed E-state index contributed by atoms with van der Waals surface area (Å²) in [6.45, 7) is 13.4. The molecule has 4 nitrogen and oxygen atoms in total. The van der Waals surface area contributed by atoms with Crippen LogP contribution in [-0.4, -0.2) is 38.3 Å². The van der Waals surface area contributed by atoms with E-state index in [2.05, 4.69) is 55.0 Å². The van der Waals surface area contributed by atoms with Gasteiger partial charge in [0.05, 0.1) is 6.61 Å². The number of ether oxygens (including phenoxy) is 1. The molecule has 1 heterocycles. The lowest BCUT2D eigenvalue weighted by atomic mass is 10.2. The summed E-state index contributed by atoms with van der Waals surface area (Å²) < 4.78 is 5.20. The van der Waals surface area contributed by atoms with Gasteiger partial charge in [-0.15, -0.1) is 0 Å². The van der Waals surface area contributed by atoms with E-state index in [9.17, 15) is 0 Å². The van der Waals surface area contributed by atoms with Crippen molar-refractivity contribution < 1.29 is 4.74 Å². The van der Waals surface area contributed by atoms with E-state index >= 15 is 0 Å². The highest BCUT2D eigenvalue weighted by Gasteiger charge is 2.09. The van der Waals surface area contributed by atoms with Gasteiger partial charge in [-0.05, 0) is 30.0 Å². The summed E-state index contributed by atoms with van der Waals surface area (Å²) in [4.78, 5) is 6.90. The van der Waals surface area contributed by atoms with Crippen molar-refractivity contribution in [2.45, 2.75) is 34.2 Å². The molecule has 120 valence electrons. The first-order valence-electron chi connectivity index (χ1n) is 7.92. The molecule has 0 aliphatic heterocycles. The second kappa shape index (κ2) is 9.74. The summed E-state index contributed by atoms with van der Waals surface area (Å²) in [5.74, 6) is 2.32. The van der Waals surface area contributed by atoms with E-state index in [1.165, 1.54) is 5.56 Å². The standard InChI is InChI=1S/C17H31N3O/c1-14(2)10-18-11-16-6-7-17(19-12-16)20(8-9-21-5)13-15(3)4/h6-7,12,14-15,18H,8-11,13H2,1-5H3. The van der Waals surface area contributed by atoms with Crippen molar-refractivity contribution in [3.63, 3.8) is 0 Å². The van der Waals surface area contributed by atoms with E-state index in [1.54, 1.807) is 7.11 Å². The highest BCUT2D eigenvalue weighted by Crippen LogP contribution is 2.13. The first kappa shape index (κ1) is 17.9. The van der Waals surface area contributed by atoms with Gasteiger partial charge in [0.25, 0.3) is 0 Å². The van der Waals surface area contributed by atoms with Crippen molar-refractivity contribution in [2.24, 2.45) is 11.8 Å². The second-order valence-corrected chi connectivity index (χ2v) is 6.38. The maximum atomic E-state index is 5.20. The Balaban J connectivity index is 2.59. The number of aromatic nitrogens is 1. The Morgan fingerprint density at radius 2 is 1.95 bits per heavy atom. The Labute approximate surface area is 129 Å². The Morgan fingerprint density at radius 1 is 1.19 bits per heavy atom. The molecule has 21 heavy (non-hydrogen) atoms. The third-order valence-electron chi connectivity index (χ3n) is 3.17. The molecule has 0 saturated heterocycles. The van der Waals surface area contributed by atoms with Crippen LogP contribution in [0.2, 0.25) is 0 Å². The highest BCUT2D eigenvalue weighted by atomic mass is 16.5. The molecule has 1 N–H and O–H groups in total. The molecule has 0 aliphatic carbocycles. The first-order valence-corrected chi connectivity index (χ1v) is 7.92. The SMILES string of the molecule is COCCN(CC(C)C)c1ccc(CNCC(C)C)cn1. The van der Waals surface area contributed by atoms with E-state index < -0.39 is 0 Å². The molecule has 0 unspecified atom stereocenters. The van der Waals surface area contributed by atoms with Gasteiger partial charge in [-0.2, -0.15) is 0 Å². The maximum Gasteiger partial charge on any atom is 0.128 e. The molecular formula is C17H31N3O. The van der Waals surface area contributed by atoms with Gasteiger partial charge >= 0.3 is 0 Å². The fourth-order valence-corrected chi connectivity index (χ4v) is 2.16. The monoisotopic (exact) mass is 293 g/mol. The fraction of sp³-hybridized carbons (Fsp3) is 0.706. The molecule has 1 aromatic heterocycles. The molecule has 4 heteroatoms. The minimum Gasteiger partial charge on any atom is -0.383 e. The molecule has 0 aliphatic rings. The van der Waals surface area contributed by atoms with Crippen LogP contribution in [0, 0.1) is 11.8 Å². The summed E-state index contributed by atoms with van der Waals surface area (Å²) in [5, 5.41) is 3.44. The predicted octanol–water partition coefficient (Wildman–Crippen LogP) is 2.94. The van der Waals surface area contributed by atoms with Gasteiger partial charge in [-0.3, -0.25) is 0 Å².